The molecule has 3 heteroatoms. The van der Waals surface area contributed by atoms with Crippen LogP contribution >= 0.6 is 0 Å². The van der Waals surface area contributed by atoms with Crippen LogP contribution in [0.1, 0.15) is 51.4 Å². The maximum absolute atomic E-state index is 13.1. The lowest BCUT2D eigenvalue weighted by Gasteiger charge is -2.37. The smallest absolute Gasteiger partial charge is 0.143 e. The summed E-state index contributed by atoms with van der Waals surface area (Å²) < 4.78 is 13.1. The fourth-order valence-corrected chi connectivity index (χ4v) is 3.73. The number of nitrogens with one attached hydrogen (secondary N) is 1. The van der Waals surface area contributed by atoms with Gasteiger partial charge in [-0.15, -0.1) is 0 Å². The quantitative estimate of drug-likeness (QED) is 0.851. The van der Waals surface area contributed by atoms with Crippen LogP contribution in [-0.4, -0.2) is 11.0 Å². The van der Waals surface area contributed by atoms with Crippen LogP contribution in [0, 0.1) is 11.2 Å². The molecule has 2 nitrogen and oxygen atoms in total. The van der Waals surface area contributed by atoms with Crippen LogP contribution < -0.4 is 5.32 Å². The van der Waals surface area contributed by atoms with E-state index in [-0.39, 0.29) is 5.82 Å². The average Bonchev–Trinajstić information content (AvgIpc) is 2.81. The monoisotopic (exact) mass is 248 g/mol. The molecule has 2 aliphatic carbocycles. The topological polar surface area (TPSA) is 24.9 Å². The van der Waals surface area contributed by atoms with Crippen LogP contribution in [0.2, 0.25) is 0 Å². The molecule has 1 N–H and O–H groups in total. The highest BCUT2D eigenvalue weighted by Gasteiger charge is 2.37. The number of anilines is 1. The van der Waals surface area contributed by atoms with Gasteiger partial charge in [0, 0.05) is 12.1 Å². The summed E-state index contributed by atoms with van der Waals surface area (Å²) in [5, 5.41) is 3.43. The van der Waals surface area contributed by atoms with E-state index in [0.717, 1.165) is 5.69 Å². The Morgan fingerprint density at radius 3 is 2.50 bits per heavy atom. The summed E-state index contributed by atoms with van der Waals surface area (Å²) in [4.78, 5) is 3.88. The van der Waals surface area contributed by atoms with Crippen LogP contribution in [0.5, 0.6) is 0 Å². The van der Waals surface area contributed by atoms with Gasteiger partial charge in [-0.05, 0) is 43.9 Å². The molecular weight excluding hydrogens is 227 g/mol. The van der Waals surface area contributed by atoms with Crippen molar-refractivity contribution >= 4 is 5.69 Å². The Kier molecular flexibility index (Phi) is 3.23. The molecule has 0 saturated heterocycles. The van der Waals surface area contributed by atoms with E-state index in [0.29, 0.717) is 11.5 Å². The SMILES string of the molecule is Fc1cncc(NC2CCC3(CCCC3)CC2)c1. The Hall–Kier alpha value is -1.12. The number of halogens is 1. The number of rotatable bonds is 2. The Labute approximate surface area is 108 Å². The van der Waals surface area contributed by atoms with Gasteiger partial charge in [-0.1, -0.05) is 12.8 Å². The number of hydrogen-bond donors (Lipinski definition) is 1. The van der Waals surface area contributed by atoms with Crippen molar-refractivity contribution in [1.29, 1.82) is 0 Å². The first kappa shape index (κ1) is 11.9. The standard InChI is InChI=1S/C15H21FN2/c16-12-9-14(11-17-10-12)18-13-3-7-15(8-4-13)5-1-2-6-15/h9-11,13,18H,1-8H2. The summed E-state index contributed by atoms with van der Waals surface area (Å²) in [6.07, 6.45) is 13.8. The van der Waals surface area contributed by atoms with E-state index >= 15 is 0 Å². The van der Waals surface area contributed by atoms with Gasteiger partial charge in [0.2, 0.25) is 0 Å². The first-order valence-electron chi connectivity index (χ1n) is 7.13. The maximum Gasteiger partial charge on any atom is 0.143 e. The number of hydrogen-bond acceptors (Lipinski definition) is 2. The number of nitrogens with zero attached hydrogens (tertiary/aromatic N) is 1. The molecule has 0 amide bonds. The molecule has 0 aromatic carbocycles. The molecule has 0 unspecified atom stereocenters. The highest BCUT2D eigenvalue weighted by atomic mass is 19.1. The van der Waals surface area contributed by atoms with Crippen molar-refractivity contribution in [2.75, 3.05) is 5.32 Å². The van der Waals surface area contributed by atoms with Gasteiger partial charge in [0.1, 0.15) is 5.82 Å². The molecule has 2 fully saturated rings. The van der Waals surface area contributed by atoms with E-state index in [1.54, 1.807) is 6.20 Å². The molecule has 0 radical (unpaired) electrons. The second kappa shape index (κ2) is 4.87. The largest absolute Gasteiger partial charge is 0.381 e. The molecule has 1 aromatic rings. The molecule has 3 rings (SSSR count). The predicted molar refractivity (Wildman–Crippen MR) is 71.0 cm³/mol. The predicted octanol–water partition coefficient (Wildman–Crippen LogP) is 4.14. The lowest BCUT2D eigenvalue weighted by molar-refractivity contribution is 0.188. The zero-order chi connectivity index (χ0) is 12.4. The van der Waals surface area contributed by atoms with E-state index in [9.17, 15) is 4.39 Å². The molecule has 1 aromatic heterocycles. The minimum absolute atomic E-state index is 0.261. The maximum atomic E-state index is 13.1. The first-order valence-corrected chi connectivity index (χ1v) is 7.13. The molecule has 98 valence electrons. The van der Waals surface area contributed by atoms with Crippen LogP contribution in [0.15, 0.2) is 18.5 Å². The Bertz CT molecular complexity index is 403. The Morgan fingerprint density at radius 2 is 1.83 bits per heavy atom. The summed E-state index contributed by atoms with van der Waals surface area (Å²) in [6.45, 7) is 0. The summed E-state index contributed by atoms with van der Waals surface area (Å²) in [7, 11) is 0. The van der Waals surface area contributed by atoms with Crippen LogP contribution in [0.4, 0.5) is 10.1 Å². The van der Waals surface area contributed by atoms with Gasteiger partial charge in [0.05, 0.1) is 18.1 Å². The lowest BCUT2D eigenvalue weighted by Crippen LogP contribution is -2.31. The molecule has 18 heavy (non-hydrogen) atoms. The second-order valence-corrected chi connectivity index (χ2v) is 6.02. The third-order valence-electron chi connectivity index (χ3n) is 4.79. The summed E-state index contributed by atoms with van der Waals surface area (Å²) in [5.74, 6) is -0.261. The van der Waals surface area contributed by atoms with Crippen molar-refractivity contribution in [2.24, 2.45) is 5.41 Å². The van der Waals surface area contributed by atoms with Gasteiger partial charge < -0.3 is 5.32 Å². The van der Waals surface area contributed by atoms with Crippen LogP contribution in [-0.2, 0) is 0 Å². The van der Waals surface area contributed by atoms with Crippen molar-refractivity contribution in [1.82, 2.24) is 4.98 Å². The first-order chi connectivity index (χ1) is 8.76. The van der Waals surface area contributed by atoms with Crippen molar-refractivity contribution in [3.63, 3.8) is 0 Å². The van der Waals surface area contributed by atoms with Crippen molar-refractivity contribution < 1.29 is 4.39 Å². The number of aromatic nitrogens is 1. The average molecular weight is 248 g/mol. The van der Waals surface area contributed by atoms with E-state index < -0.39 is 0 Å². The summed E-state index contributed by atoms with van der Waals surface area (Å²) in [6, 6.07) is 2.03. The lowest BCUT2D eigenvalue weighted by atomic mass is 9.71. The molecule has 2 saturated carbocycles. The van der Waals surface area contributed by atoms with Gasteiger partial charge in [0.25, 0.3) is 0 Å². The van der Waals surface area contributed by atoms with Crippen LogP contribution in [0.25, 0.3) is 0 Å². The fourth-order valence-electron chi connectivity index (χ4n) is 3.73. The number of pyridine rings is 1. The molecule has 1 spiro atoms. The van der Waals surface area contributed by atoms with Gasteiger partial charge in [-0.25, -0.2) is 4.39 Å². The molecule has 0 aliphatic heterocycles. The highest BCUT2D eigenvalue weighted by molar-refractivity contribution is 5.41. The second-order valence-electron chi connectivity index (χ2n) is 6.02. The Balaban J connectivity index is 1.57. The summed E-state index contributed by atoms with van der Waals surface area (Å²) in [5.41, 5.74) is 1.49. The van der Waals surface area contributed by atoms with Gasteiger partial charge >= 0.3 is 0 Å². The molecular formula is C15H21FN2. The molecule has 0 bridgehead atoms. The van der Waals surface area contributed by atoms with Gasteiger partial charge in [-0.2, -0.15) is 0 Å². The highest BCUT2D eigenvalue weighted by Crippen LogP contribution is 2.49. The minimum Gasteiger partial charge on any atom is -0.381 e. The third-order valence-corrected chi connectivity index (χ3v) is 4.79. The van der Waals surface area contributed by atoms with E-state index in [1.807, 2.05) is 0 Å². The summed E-state index contributed by atoms with van der Waals surface area (Å²) >= 11 is 0. The van der Waals surface area contributed by atoms with Gasteiger partial charge in [-0.3, -0.25) is 4.98 Å². The van der Waals surface area contributed by atoms with Crippen LogP contribution in [0.3, 0.4) is 0 Å². The van der Waals surface area contributed by atoms with Crippen molar-refractivity contribution in [2.45, 2.75) is 57.4 Å². The van der Waals surface area contributed by atoms with Crippen molar-refractivity contribution in [3.05, 3.63) is 24.3 Å². The normalized spacial score (nSPS) is 23.4. The van der Waals surface area contributed by atoms with Gasteiger partial charge in [0.15, 0.2) is 0 Å². The minimum atomic E-state index is -0.261. The van der Waals surface area contributed by atoms with E-state index in [2.05, 4.69) is 10.3 Å². The Morgan fingerprint density at radius 1 is 1.11 bits per heavy atom. The van der Waals surface area contributed by atoms with E-state index in [4.69, 9.17) is 0 Å². The molecule has 1 heterocycles. The van der Waals surface area contributed by atoms with Crippen molar-refractivity contribution in [3.8, 4) is 0 Å². The molecule has 2 aliphatic rings. The zero-order valence-electron chi connectivity index (χ0n) is 10.8. The fraction of sp³-hybridized carbons (Fsp3) is 0.667. The van der Waals surface area contributed by atoms with E-state index in [1.165, 1.54) is 63.6 Å². The molecule has 0 atom stereocenters. The zero-order valence-corrected chi connectivity index (χ0v) is 10.8. The third kappa shape index (κ3) is 2.50.